The van der Waals surface area contributed by atoms with Crippen molar-refractivity contribution >= 4 is 23.5 Å². The molecule has 0 radical (unpaired) electrons. The highest BCUT2D eigenvalue weighted by molar-refractivity contribution is 6.03. The van der Waals surface area contributed by atoms with E-state index in [2.05, 4.69) is 5.32 Å². The van der Waals surface area contributed by atoms with Crippen LogP contribution in [0.3, 0.4) is 0 Å². The molecular weight excluding hydrogens is 322 g/mol. The Kier molecular flexibility index (Phi) is 3.89. The van der Waals surface area contributed by atoms with Gasteiger partial charge in [0.1, 0.15) is 0 Å². The first-order valence-corrected chi connectivity index (χ1v) is 8.50. The van der Waals surface area contributed by atoms with Crippen LogP contribution in [0, 0.1) is 10.8 Å². The Morgan fingerprint density at radius 2 is 1.96 bits per heavy atom. The zero-order valence-corrected chi connectivity index (χ0v) is 15.0. The number of benzene rings is 1. The second kappa shape index (κ2) is 5.58. The molecule has 1 saturated heterocycles. The summed E-state index contributed by atoms with van der Waals surface area (Å²) in [6.07, 6.45) is 1.11. The van der Waals surface area contributed by atoms with Crippen LogP contribution in [0.1, 0.15) is 50.9 Å². The fraction of sp³-hybridized carbons (Fsp3) is 0.526. The van der Waals surface area contributed by atoms with E-state index in [0.717, 1.165) is 0 Å². The van der Waals surface area contributed by atoms with Crippen molar-refractivity contribution in [2.75, 3.05) is 11.9 Å². The summed E-state index contributed by atoms with van der Waals surface area (Å²) in [5.41, 5.74) is -1.62. The molecule has 1 aromatic rings. The van der Waals surface area contributed by atoms with E-state index >= 15 is 0 Å². The van der Waals surface area contributed by atoms with Crippen LogP contribution in [0.2, 0.25) is 0 Å². The highest BCUT2D eigenvalue weighted by Gasteiger charge is 2.75. The van der Waals surface area contributed by atoms with Crippen molar-refractivity contribution in [1.82, 2.24) is 0 Å². The zero-order valence-electron chi connectivity index (χ0n) is 15.0. The van der Waals surface area contributed by atoms with Crippen molar-refractivity contribution in [3.8, 4) is 0 Å². The van der Waals surface area contributed by atoms with Gasteiger partial charge in [-0.05, 0) is 44.9 Å². The molecule has 0 unspecified atom stereocenters. The van der Waals surface area contributed by atoms with Gasteiger partial charge in [0, 0.05) is 11.1 Å². The predicted molar refractivity (Wildman–Crippen MR) is 91.0 cm³/mol. The Morgan fingerprint density at radius 1 is 1.24 bits per heavy atom. The van der Waals surface area contributed by atoms with E-state index in [0.29, 0.717) is 24.1 Å². The molecule has 2 fully saturated rings. The van der Waals surface area contributed by atoms with Gasteiger partial charge in [0.25, 0.3) is 5.91 Å². The zero-order chi connectivity index (χ0) is 18.5. The number of carbonyl (C=O) groups is 3. The smallest absolute Gasteiger partial charge is 0.338 e. The van der Waals surface area contributed by atoms with Crippen LogP contribution in [0.25, 0.3) is 0 Å². The first kappa shape index (κ1) is 17.5. The van der Waals surface area contributed by atoms with E-state index in [4.69, 9.17) is 9.47 Å². The van der Waals surface area contributed by atoms with Crippen molar-refractivity contribution in [1.29, 1.82) is 0 Å². The third-order valence-electron chi connectivity index (χ3n) is 6.08. The second-order valence-electron chi connectivity index (χ2n) is 7.43. The Morgan fingerprint density at radius 3 is 2.52 bits per heavy atom. The second-order valence-corrected chi connectivity index (χ2v) is 7.43. The molecule has 1 aliphatic carbocycles. The van der Waals surface area contributed by atoms with Crippen molar-refractivity contribution < 1.29 is 23.9 Å². The van der Waals surface area contributed by atoms with Gasteiger partial charge in [-0.15, -0.1) is 0 Å². The maximum absolute atomic E-state index is 13.0. The average molecular weight is 345 g/mol. The maximum atomic E-state index is 13.0. The van der Waals surface area contributed by atoms with Gasteiger partial charge in [-0.25, -0.2) is 4.79 Å². The summed E-state index contributed by atoms with van der Waals surface area (Å²) < 4.78 is 10.5. The lowest BCUT2D eigenvalue weighted by Gasteiger charge is -2.35. The van der Waals surface area contributed by atoms with Crippen LogP contribution in [0.5, 0.6) is 0 Å². The molecule has 1 aliphatic heterocycles. The number of carbonyl (C=O) groups excluding carboxylic acids is 3. The Balaban J connectivity index is 1.85. The Hall–Kier alpha value is -2.37. The minimum atomic E-state index is -1.18. The number of hydrogen-bond donors (Lipinski definition) is 1. The summed E-state index contributed by atoms with van der Waals surface area (Å²) in [6.45, 7) is 7.68. The van der Waals surface area contributed by atoms with Gasteiger partial charge in [0.15, 0.2) is 5.60 Å². The van der Waals surface area contributed by atoms with Gasteiger partial charge < -0.3 is 14.8 Å². The topological polar surface area (TPSA) is 81.7 Å². The van der Waals surface area contributed by atoms with Crippen molar-refractivity contribution in [3.63, 3.8) is 0 Å². The number of ether oxygens (including phenoxy) is 2. The van der Waals surface area contributed by atoms with Crippen molar-refractivity contribution in [2.45, 2.75) is 46.1 Å². The molecule has 3 rings (SSSR count). The van der Waals surface area contributed by atoms with Crippen LogP contribution < -0.4 is 5.32 Å². The Bertz CT molecular complexity index is 756. The number of nitrogens with one attached hydrogen (secondary N) is 1. The predicted octanol–water partition coefficient (Wildman–Crippen LogP) is 2.92. The fourth-order valence-electron chi connectivity index (χ4n) is 3.92. The normalized spacial score (nSPS) is 29.2. The largest absolute Gasteiger partial charge is 0.462 e. The van der Waals surface area contributed by atoms with Gasteiger partial charge in [0.05, 0.1) is 17.6 Å². The quantitative estimate of drug-likeness (QED) is 0.849. The van der Waals surface area contributed by atoms with Gasteiger partial charge >= 0.3 is 11.9 Å². The highest BCUT2D eigenvalue weighted by atomic mass is 16.6. The monoisotopic (exact) mass is 345 g/mol. The lowest BCUT2D eigenvalue weighted by Crippen LogP contribution is -2.50. The number of fused-ring (bicyclic) bond motifs is 2. The number of esters is 2. The minimum Gasteiger partial charge on any atom is -0.462 e. The van der Waals surface area contributed by atoms with E-state index in [1.807, 2.05) is 20.8 Å². The molecule has 134 valence electrons. The summed E-state index contributed by atoms with van der Waals surface area (Å²) in [5, 5.41) is 2.81. The van der Waals surface area contributed by atoms with Crippen LogP contribution in [0.4, 0.5) is 5.69 Å². The summed E-state index contributed by atoms with van der Waals surface area (Å²) >= 11 is 0. The van der Waals surface area contributed by atoms with Crippen molar-refractivity contribution in [3.05, 3.63) is 29.8 Å². The maximum Gasteiger partial charge on any atom is 0.338 e. The molecule has 25 heavy (non-hydrogen) atoms. The summed E-state index contributed by atoms with van der Waals surface area (Å²) in [7, 11) is 0. The first-order valence-electron chi connectivity index (χ1n) is 8.50. The number of amides is 1. The number of rotatable bonds is 4. The molecule has 2 atom stereocenters. The van der Waals surface area contributed by atoms with E-state index in [-0.39, 0.29) is 18.5 Å². The SMILES string of the molecule is CCOC(=O)c1cccc(NC(=O)[C@@]23CC[C@@](C)(C(=O)O2)C3(C)C)c1. The van der Waals surface area contributed by atoms with Gasteiger partial charge in [0.2, 0.25) is 0 Å². The fourth-order valence-corrected chi connectivity index (χ4v) is 3.92. The standard InChI is InChI=1S/C19H23NO5/c1-5-24-14(21)12-7-6-8-13(11-12)20-15(22)19-10-9-18(4,16(23)25-19)17(19,2)3/h6-8,11H,5,9-10H2,1-4H3,(H,20,22)/t18-,19+/m0/s1. The molecule has 6 heteroatoms. The molecule has 2 bridgehead atoms. The molecule has 1 aromatic carbocycles. The summed E-state index contributed by atoms with van der Waals surface area (Å²) in [5.74, 6) is -1.12. The molecule has 1 saturated carbocycles. The summed E-state index contributed by atoms with van der Waals surface area (Å²) in [6, 6.07) is 6.54. The number of anilines is 1. The Labute approximate surface area is 146 Å². The minimum absolute atomic E-state index is 0.279. The van der Waals surface area contributed by atoms with E-state index < -0.39 is 22.4 Å². The number of hydrogen-bond acceptors (Lipinski definition) is 5. The first-order chi connectivity index (χ1) is 11.7. The third-order valence-corrected chi connectivity index (χ3v) is 6.08. The van der Waals surface area contributed by atoms with Crippen LogP contribution in [-0.2, 0) is 19.1 Å². The third kappa shape index (κ3) is 2.27. The molecule has 0 spiro atoms. The van der Waals surface area contributed by atoms with E-state index in [1.165, 1.54) is 0 Å². The molecule has 2 aliphatic rings. The highest BCUT2D eigenvalue weighted by Crippen LogP contribution is 2.65. The molecule has 0 aromatic heterocycles. The molecule has 1 amide bonds. The van der Waals surface area contributed by atoms with Crippen LogP contribution >= 0.6 is 0 Å². The average Bonchev–Trinajstić information content (AvgIpc) is 2.86. The van der Waals surface area contributed by atoms with E-state index in [9.17, 15) is 14.4 Å². The van der Waals surface area contributed by atoms with Crippen LogP contribution in [-0.4, -0.2) is 30.1 Å². The van der Waals surface area contributed by atoms with Gasteiger partial charge in [-0.2, -0.15) is 0 Å². The molecule has 1 N–H and O–H groups in total. The molecule has 6 nitrogen and oxygen atoms in total. The molecule has 1 heterocycles. The van der Waals surface area contributed by atoms with Crippen LogP contribution in [0.15, 0.2) is 24.3 Å². The molecular formula is C19H23NO5. The summed E-state index contributed by atoms with van der Waals surface area (Å²) in [4.78, 5) is 37.1. The van der Waals surface area contributed by atoms with Crippen molar-refractivity contribution in [2.24, 2.45) is 10.8 Å². The lowest BCUT2D eigenvalue weighted by atomic mass is 9.66. The lowest BCUT2D eigenvalue weighted by molar-refractivity contribution is -0.165. The van der Waals surface area contributed by atoms with Gasteiger partial charge in [-0.3, -0.25) is 9.59 Å². The van der Waals surface area contributed by atoms with E-state index in [1.54, 1.807) is 31.2 Å². The van der Waals surface area contributed by atoms with Gasteiger partial charge in [-0.1, -0.05) is 19.9 Å².